The van der Waals surface area contributed by atoms with Crippen molar-refractivity contribution in [2.45, 2.75) is 20.3 Å². The van der Waals surface area contributed by atoms with Crippen molar-refractivity contribution in [2.75, 3.05) is 6.61 Å². The maximum Gasteiger partial charge on any atom is 0.131 e. The predicted molar refractivity (Wildman–Crippen MR) is 69.5 cm³/mol. The summed E-state index contributed by atoms with van der Waals surface area (Å²) in [5.41, 5.74) is 6.40. The van der Waals surface area contributed by atoms with E-state index >= 15 is 0 Å². The van der Waals surface area contributed by atoms with Crippen LogP contribution >= 0.6 is 0 Å². The van der Waals surface area contributed by atoms with E-state index in [4.69, 9.17) is 4.74 Å². The molecule has 0 radical (unpaired) electrons. The molecule has 0 bridgehead atoms. The Bertz CT molecular complexity index is 581. The van der Waals surface area contributed by atoms with Crippen molar-refractivity contribution >= 4 is 0 Å². The molecular weight excluding hydrogens is 210 g/mol. The third kappa shape index (κ3) is 1.55. The standard InChI is InChI=1S/C15H17NO/c1-10-8-12-6-7-17-15(12)13(9-10)14-5-4-11(2)16(14)3/h4-5,8-9H,6-7H2,1-3H3. The molecule has 2 nitrogen and oxygen atoms in total. The van der Waals surface area contributed by atoms with Crippen LogP contribution in [0.3, 0.4) is 0 Å². The Balaban J connectivity index is 2.24. The van der Waals surface area contributed by atoms with Crippen molar-refractivity contribution in [2.24, 2.45) is 7.05 Å². The number of ether oxygens (including phenoxy) is 1. The van der Waals surface area contributed by atoms with Gasteiger partial charge in [-0.2, -0.15) is 0 Å². The Labute approximate surface area is 102 Å². The summed E-state index contributed by atoms with van der Waals surface area (Å²) in [6, 6.07) is 8.78. The number of aryl methyl sites for hydroxylation is 2. The van der Waals surface area contributed by atoms with Crippen molar-refractivity contribution in [3.05, 3.63) is 41.1 Å². The Hall–Kier alpha value is -1.70. The molecule has 0 fully saturated rings. The second-order valence-electron chi connectivity index (χ2n) is 4.82. The van der Waals surface area contributed by atoms with Crippen LogP contribution in [0.4, 0.5) is 0 Å². The lowest BCUT2D eigenvalue weighted by atomic mass is 10.0. The number of hydrogen-bond donors (Lipinski definition) is 0. The minimum absolute atomic E-state index is 0.815. The van der Waals surface area contributed by atoms with Gasteiger partial charge in [-0.15, -0.1) is 0 Å². The van der Waals surface area contributed by atoms with Gasteiger partial charge in [-0.1, -0.05) is 6.07 Å². The van der Waals surface area contributed by atoms with Gasteiger partial charge < -0.3 is 9.30 Å². The van der Waals surface area contributed by atoms with Gasteiger partial charge in [0.2, 0.25) is 0 Å². The van der Waals surface area contributed by atoms with Gasteiger partial charge in [0.1, 0.15) is 5.75 Å². The first-order chi connectivity index (χ1) is 8.16. The first kappa shape index (κ1) is 10.5. The third-order valence-corrected chi connectivity index (χ3v) is 3.58. The highest BCUT2D eigenvalue weighted by Gasteiger charge is 2.19. The number of aromatic nitrogens is 1. The van der Waals surface area contributed by atoms with Gasteiger partial charge in [0.05, 0.1) is 12.3 Å². The highest BCUT2D eigenvalue weighted by atomic mass is 16.5. The van der Waals surface area contributed by atoms with E-state index in [1.807, 2.05) is 0 Å². The molecule has 2 heteroatoms. The SMILES string of the molecule is Cc1cc2c(c(-c3ccc(C)n3C)c1)OCC2. The quantitative estimate of drug-likeness (QED) is 0.729. The van der Waals surface area contributed by atoms with E-state index in [0.717, 1.165) is 18.8 Å². The molecule has 0 unspecified atom stereocenters. The molecule has 0 spiro atoms. The van der Waals surface area contributed by atoms with Crippen LogP contribution in [0.25, 0.3) is 11.3 Å². The zero-order valence-corrected chi connectivity index (χ0v) is 10.6. The van der Waals surface area contributed by atoms with E-state index in [1.54, 1.807) is 0 Å². The molecule has 2 aromatic rings. The first-order valence-corrected chi connectivity index (χ1v) is 6.06. The molecule has 0 saturated heterocycles. The molecule has 0 amide bonds. The molecule has 2 heterocycles. The van der Waals surface area contributed by atoms with Gasteiger partial charge in [0.15, 0.2) is 0 Å². The molecule has 0 aliphatic carbocycles. The van der Waals surface area contributed by atoms with Crippen molar-refractivity contribution in [3.8, 4) is 17.0 Å². The molecule has 1 aromatic carbocycles. The smallest absolute Gasteiger partial charge is 0.131 e. The lowest BCUT2D eigenvalue weighted by Crippen LogP contribution is -1.96. The van der Waals surface area contributed by atoms with Crippen LogP contribution in [0.2, 0.25) is 0 Å². The van der Waals surface area contributed by atoms with Crippen LogP contribution in [0.5, 0.6) is 5.75 Å². The maximum absolute atomic E-state index is 5.79. The van der Waals surface area contributed by atoms with Crippen LogP contribution < -0.4 is 4.74 Å². The van der Waals surface area contributed by atoms with Crippen LogP contribution in [-0.2, 0) is 13.5 Å². The average Bonchev–Trinajstić information content (AvgIpc) is 2.87. The van der Waals surface area contributed by atoms with Crippen LogP contribution in [-0.4, -0.2) is 11.2 Å². The summed E-state index contributed by atoms with van der Waals surface area (Å²) >= 11 is 0. The van der Waals surface area contributed by atoms with Crippen molar-refractivity contribution in [1.29, 1.82) is 0 Å². The zero-order valence-electron chi connectivity index (χ0n) is 10.6. The Morgan fingerprint density at radius 1 is 1.18 bits per heavy atom. The third-order valence-electron chi connectivity index (χ3n) is 3.58. The van der Waals surface area contributed by atoms with Gasteiger partial charge >= 0.3 is 0 Å². The Morgan fingerprint density at radius 2 is 2.00 bits per heavy atom. The highest BCUT2D eigenvalue weighted by molar-refractivity contribution is 5.72. The minimum atomic E-state index is 0.815. The molecular formula is C15H17NO. The van der Waals surface area contributed by atoms with Crippen molar-refractivity contribution in [3.63, 3.8) is 0 Å². The van der Waals surface area contributed by atoms with Gasteiger partial charge in [-0.25, -0.2) is 0 Å². The fourth-order valence-electron chi connectivity index (χ4n) is 2.54. The van der Waals surface area contributed by atoms with Crippen molar-refractivity contribution < 1.29 is 4.74 Å². The number of fused-ring (bicyclic) bond motifs is 1. The monoisotopic (exact) mass is 227 g/mol. The van der Waals surface area contributed by atoms with Gasteiger partial charge in [0, 0.05) is 24.7 Å². The van der Waals surface area contributed by atoms with E-state index in [1.165, 1.54) is 28.1 Å². The number of benzene rings is 1. The zero-order chi connectivity index (χ0) is 12.0. The summed E-state index contributed by atoms with van der Waals surface area (Å²) in [5, 5.41) is 0. The number of nitrogens with zero attached hydrogens (tertiary/aromatic N) is 1. The normalized spacial score (nSPS) is 13.6. The van der Waals surface area contributed by atoms with Crippen molar-refractivity contribution in [1.82, 2.24) is 4.57 Å². The number of rotatable bonds is 1. The van der Waals surface area contributed by atoms with Gasteiger partial charge in [-0.05, 0) is 43.2 Å². The van der Waals surface area contributed by atoms with E-state index in [2.05, 4.69) is 49.7 Å². The largest absolute Gasteiger partial charge is 0.492 e. The molecule has 1 aliphatic rings. The van der Waals surface area contributed by atoms with E-state index in [-0.39, 0.29) is 0 Å². The van der Waals surface area contributed by atoms with Gasteiger partial charge in [0.25, 0.3) is 0 Å². The van der Waals surface area contributed by atoms with E-state index in [9.17, 15) is 0 Å². The molecule has 1 aliphatic heterocycles. The molecule has 0 atom stereocenters. The highest BCUT2D eigenvalue weighted by Crippen LogP contribution is 2.38. The second kappa shape index (κ2) is 3.66. The van der Waals surface area contributed by atoms with E-state index in [0.29, 0.717) is 0 Å². The summed E-state index contributed by atoms with van der Waals surface area (Å²) in [7, 11) is 2.11. The lowest BCUT2D eigenvalue weighted by Gasteiger charge is -2.11. The maximum atomic E-state index is 5.79. The molecule has 1 aromatic heterocycles. The second-order valence-corrected chi connectivity index (χ2v) is 4.82. The minimum Gasteiger partial charge on any atom is -0.492 e. The van der Waals surface area contributed by atoms with Crippen LogP contribution in [0.1, 0.15) is 16.8 Å². The topological polar surface area (TPSA) is 14.2 Å². The average molecular weight is 227 g/mol. The Kier molecular flexibility index (Phi) is 2.25. The van der Waals surface area contributed by atoms with Crippen LogP contribution in [0.15, 0.2) is 24.3 Å². The fourth-order valence-corrected chi connectivity index (χ4v) is 2.54. The lowest BCUT2D eigenvalue weighted by molar-refractivity contribution is 0.358. The molecule has 88 valence electrons. The molecule has 17 heavy (non-hydrogen) atoms. The Morgan fingerprint density at radius 3 is 2.71 bits per heavy atom. The summed E-state index contributed by atoms with van der Waals surface area (Å²) in [5.74, 6) is 1.08. The summed E-state index contributed by atoms with van der Waals surface area (Å²) in [6.07, 6.45) is 1.04. The molecule has 3 rings (SSSR count). The first-order valence-electron chi connectivity index (χ1n) is 6.06. The predicted octanol–water partition coefficient (Wildman–Crippen LogP) is 3.24. The van der Waals surface area contributed by atoms with E-state index < -0.39 is 0 Å². The summed E-state index contributed by atoms with van der Waals surface area (Å²) < 4.78 is 8.01. The fraction of sp³-hybridized carbons (Fsp3) is 0.333. The molecule has 0 saturated carbocycles. The summed E-state index contributed by atoms with van der Waals surface area (Å²) in [4.78, 5) is 0. The van der Waals surface area contributed by atoms with Crippen LogP contribution in [0, 0.1) is 13.8 Å². The number of hydrogen-bond acceptors (Lipinski definition) is 1. The summed E-state index contributed by atoms with van der Waals surface area (Å²) in [6.45, 7) is 5.09. The van der Waals surface area contributed by atoms with Gasteiger partial charge in [-0.3, -0.25) is 0 Å². The molecule has 0 N–H and O–H groups in total.